The normalized spacial score (nSPS) is 16.5. The van der Waals surface area contributed by atoms with Crippen molar-refractivity contribution in [3.8, 4) is 5.75 Å². The van der Waals surface area contributed by atoms with Gasteiger partial charge in [-0.3, -0.25) is 19.6 Å². The summed E-state index contributed by atoms with van der Waals surface area (Å²) in [6.07, 6.45) is 8.02. The van der Waals surface area contributed by atoms with Gasteiger partial charge in [0, 0.05) is 159 Å². The van der Waals surface area contributed by atoms with Crippen LogP contribution in [-0.4, -0.2) is 152 Å². The van der Waals surface area contributed by atoms with Crippen LogP contribution in [0.5, 0.6) is 5.75 Å². The number of hydrogen-bond acceptors (Lipinski definition) is 11. The predicted molar refractivity (Wildman–Crippen MR) is 478 cm³/mol. The SMILES string of the molecule is CC(C)c1ccc2c(c1)N(C(C)C)CCC2.CC(C)c1ccc2c(c1)N(C(C)C)CCN2C.CC(C)c1ccc2c(c1)N(C(C)C)CCO2.CC(C)c1cccc2c1CN(C(C)C)CC2.CC(C)c1ccn2c1CN(C(C)C)CC2.CC(C)c1ncn2c1CN(C(C)C)CC2.Cc1nc(C(C)C)c2n1CCN(C(C)C)C2. The van der Waals surface area contributed by atoms with E-state index in [-0.39, 0.29) is 0 Å². The van der Waals surface area contributed by atoms with Crippen molar-refractivity contribution in [1.29, 1.82) is 0 Å². The van der Waals surface area contributed by atoms with Crippen LogP contribution in [0.25, 0.3) is 0 Å². The molecule has 0 spiro atoms. The van der Waals surface area contributed by atoms with Crippen LogP contribution in [-0.2, 0) is 58.7 Å². The van der Waals surface area contributed by atoms with Crippen molar-refractivity contribution in [2.45, 2.75) is 350 Å². The lowest BCUT2D eigenvalue weighted by Crippen LogP contribution is -2.42. The smallest absolute Gasteiger partial charge is 0.142 e. The van der Waals surface area contributed by atoms with Gasteiger partial charge < -0.3 is 38.0 Å². The molecule has 0 aliphatic carbocycles. The fourth-order valence-electron chi connectivity index (χ4n) is 16.9. The third-order valence-electron chi connectivity index (χ3n) is 24.3. The molecule has 4 aromatic carbocycles. The highest BCUT2D eigenvalue weighted by molar-refractivity contribution is 5.74. The average molecular weight is 1520 g/mol. The molecule has 7 aromatic rings. The van der Waals surface area contributed by atoms with Crippen molar-refractivity contribution >= 4 is 22.7 Å². The molecular formula is C97H157N13O. The molecule has 0 saturated heterocycles. The number of imidazole rings is 2. The Bertz CT molecular complexity index is 3840. The Morgan fingerprint density at radius 2 is 0.865 bits per heavy atom. The van der Waals surface area contributed by atoms with Gasteiger partial charge in [0.2, 0.25) is 0 Å². The van der Waals surface area contributed by atoms with Crippen LogP contribution in [0, 0.1) is 6.92 Å². The van der Waals surface area contributed by atoms with Gasteiger partial charge in [-0.05, 0) is 245 Å². The summed E-state index contributed by atoms with van der Waals surface area (Å²) in [5, 5.41) is 0. The number of fused-ring (bicyclic) bond motifs is 7. The maximum atomic E-state index is 5.70. The highest BCUT2D eigenvalue weighted by Crippen LogP contribution is 2.39. The first-order chi connectivity index (χ1) is 52.5. The first kappa shape index (κ1) is 90.0. The summed E-state index contributed by atoms with van der Waals surface area (Å²) in [6.45, 7) is 83.2. The van der Waals surface area contributed by atoms with Gasteiger partial charge in [0.25, 0.3) is 0 Å². The predicted octanol–water partition coefficient (Wildman–Crippen LogP) is 22.0. The molecule has 0 bridgehead atoms. The highest BCUT2D eigenvalue weighted by atomic mass is 16.5. The number of anilines is 4. The fraction of sp³-hybridized carbons (Fsp3) is 0.649. The second-order valence-corrected chi connectivity index (χ2v) is 37.0. The summed E-state index contributed by atoms with van der Waals surface area (Å²) in [4.78, 5) is 29.3. The fourth-order valence-corrected chi connectivity index (χ4v) is 16.9. The topological polar surface area (TPSA) is 75.7 Å². The van der Waals surface area contributed by atoms with Gasteiger partial charge in [-0.2, -0.15) is 0 Å². The Morgan fingerprint density at radius 3 is 1.42 bits per heavy atom. The van der Waals surface area contributed by atoms with Crippen LogP contribution in [0.2, 0.25) is 0 Å². The lowest BCUT2D eigenvalue weighted by molar-refractivity contribution is 0.175. The number of likely N-dealkylation sites (N-methyl/N-ethyl adjacent to an activating group) is 1. The number of aryl methyl sites for hydroxylation is 2. The average Bonchev–Trinajstić information content (AvgIpc) is 1.01. The third-order valence-corrected chi connectivity index (χ3v) is 24.3. The zero-order valence-corrected chi connectivity index (χ0v) is 75.9. The van der Waals surface area contributed by atoms with Gasteiger partial charge >= 0.3 is 0 Å². The number of nitrogens with zero attached hydrogens (tertiary/aromatic N) is 13. The molecule has 10 heterocycles. The summed E-state index contributed by atoms with van der Waals surface area (Å²) < 4.78 is 12.8. The standard InChI is InChI=1S/C15H24N2.2C15H23N.C14H21NO.C13H23N3.C13H22N2.C12H21N3/c1-11(2)13-6-7-14-15(10-13)17(12(3)4)9-8-16(14)5;1-11(2)14-8-7-13-6-5-9-16(12(3)4)15(13)10-14;1-11(2)14-7-5-6-13-8-9-16(12(3)4)10-15(13)14;1-10(2)12-5-6-14-13(9-12)15(11(3)4)7-8-16-14;1-9(2)13-12-8-15(10(3)4)6-7-16(12)11(5)14-13;1-10(2)12-5-6-14-7-8-15(11(3)4)9-13(12)14;1-9(2)12-11-7-14(10(3)4)5-6-15(11)8-13-12/h6-7,10-12H,8-9H2,1-5H3;7-8,10-12H,5-6,9H2,1-4H3;5-7,11-12H,8-10H2,1-4H3;5-6,9-11H,7-8H2,1-4H3;9-10H,6-8H2,1-5H3;5-6,10-11H,7-9H2,1-4H3;8-10H,5-7H2,1-4H3. The molecule has 0 unspecified atom stereocenters. The van der Waals surface area contributed by atoms with Crippen molar-refractivity contribution in [2.75, 3.05) is 85.6 Å². The first-order valence-electron chi connectivity index (χ1n) is 43.9. The van der Waals surface area contributed by atoms with E-state index in [1.54, 1.807) is 16.7 Å². The van der Waals surface area contributed by atoms with Gasteiger partial charge in [-0.15, -0.1) is 0 Å². The number of ether oxygens (including phenoxy) is 1. The van der Waals surface area contributed by atoms with E-state index in [0.717, 1.165) is 90.9 Å². The second-order valence-electron chi connectivity index (χ2n) is 37.0. The zero-order valence-electron chi connectivity index (χ0n) is 75.9. The van der Waals surface area contributed by atoms with E-state index >= 15 is 0 Å². The van der Waals surface area contributed by atoms with Gasteiger partial charge in [0.1, 0.15) is 18.2 Å². The van der Waals surface area contributed by atoms with Crippen LogP contribution in [0.1, 0.15) is 321 Å². The zero-order chi connectivity index (χ0) is 81.6. The molecular weight excluding hydrogens is 1360 g/mol. The summed E-state index contributed by atoms with van der Waals surface area (Å²) in [5.41, 5.74) is 24.5. The Balaban J connectivity index is 0.000000163. The van der Waals surface area contributed by atoms with Crippen molar-refractivity contribution in [3.63, 3.8) is 0 Å². The minimum Gasteiger partial charge on any atom is -0.490 e. The van der Waals surface area contributed by atoms with Crippen LogP contribution < -0.4 is 24.3 Å². The molecule has 111 heavy (non-hydrogen) atoms. The van der Waals surface area contributed by atoms with Gasteiger partial charge in [-0.1, -0.05) is 139 Å². The summed E-state index contributed by atoms with van der Waals surface area (Å²) in [7, 11) is 2.19. The van der Waals surface area contributed by atoms with E-state index in [1.165, 1.54) is 124 Å². The number of aromatic nitrogens is 5. The number of rotatable bonds is 14. The summed E-state index contributed by atoms with van der Waals surface area (Å²) in [5.74, 6) is 6.36. The molecule has 0 saturated carbocycles. The summed E-state index contributed by atoms with van der Waals surface area (Å²) >= 11 is 0. The molecule has 7 aliphatic rings. The van der Waals surface area contributed by atoms with Crippen molar-refractivity contribution in [2.24, 2.45) is 0 Å². The third kappa shape index (κ3) is 23.4. The van der Waals surface area contributed by atoms with Gasteiger partial charge in [-0.25, -0.2) is 9.97 Å². The van der Waals surface area contributed by atoms with E-state index in [4.69, 9.17) is 9.72 Å². The monoisotopic (exact) mass is 1520 g/mol. The maximum absolute atomic E-state index is 5.70. The van der Waals surface area contributed by atoms with E-state index < -0.39 is 0 Å². The van der Waals surface area contributed by atoms with E-state index in [9.17, 15) is 0 Å². The summed E-state index contributed by atoms with van der Waals surface area (Å²) in [6, 6.07) is 33.9. The molecule has 0 radical (unpaired) electrons. The van der Waals surface area contributed by atoms with Crippen LogP contribution in [0.3, 0.4) is 0 Å². The lowest BCUT2D eigenvalue weighted by atomic mass is 9.89. The molecule has 3 aromatic heterocycles. The number of hydrogen-bond donors (Lipinski definition) is 0. The Hall–Kier alpha value is -6.58. The molecule has 0 N–H and O–H groups in total. The van der Waals surface area contributed by atoms with Gasteiger partial charge in [0.05, 0.1) is 52.7 Å². The maximum Gasteiger partial charge on any atom is 0.142 e. The molecule has 0 fully saturated rings. The Morgan fingerprint density at radius 1 is 0.360 bits per heavy atom. The van der Waals surface area contributed by atoms with Crippen molar-refractivity contribution < 1.29 is 4.74 Å². The van der Waals surface area contributed by atoms with Crippen LogP contribution in [0.4, 0.5) is 22.7 Å². The second kappa shape index (κ2) is 41.1. The quantitative estimate of drug-likeness (QED) is 0.104. The molecule has 616 valence electrons. The van der Waals surface area contributed by atoms with Crippen LogP contribution in [0.15, 0.2) is 91.4 Å². The van der Waals surface area contributed by atoms with Crippen molar-refractivity contribution in [3.05, 3.63) is 170 Å². The van der Waals surface area contributed by atoms with Crippen molar-refractivity contribution in [1.82, 2.24) is 43.3 Å². The largest absolute Gasteiger partial charge is 0.490 e. The number of benzene rings is 4. The van der Waals surface area contributed by atoms with Gasteiger partial charge in [0.15, 0.2) is 0 Å². The van der Waals surface area contributed by atoms with E-state index in [0.29, 0.717) is 83.7 Å². The Labute approximate surface area is 678 Å². The minimum atomic E-state index is 0.530. The Kier molecular flexibility index (Phi) is 33.3. The highest BCUT2D eigenvalue weighted by Gasteiger charge is 2.30. The molecule has 14 rings (SSSR count). The molecule has 14 nitrogen and oxygen atoms in total. The van der Waals surface area contributed by atoms with Crippen LogP contribution >= 0.6 is 0 Å². The molecule has 7 aliphatic heterocycles. The molecule has 0 amide bonds. The minimum absolute atomic E-state index is 0.530. The van der Waals surface area contributed by atoms with E-state index in [2.05, 4.69) is 351 Å². The molecule has 14 heteroatoms. The lowest BCUT2D eigenvalue weighted by Gasteiger charge is -2.40. The first-order valence-corrected chi connectivity index (χ1v) is 43.9. The van der Waals surface area contributed by atoms with E-state index in [1.807, 2.05) is 6.33 Å². The molecule has 0 atom stereocenters.